The van der Waals surface area contributed by atoms with Gasteiger partial charge in [-0.1, -0.05) is 6.07 Å². The number of carbonyl (C=O) groups is 1. The molecule has 16 heavy (non-hydrogen) atoms. The zero-order chi connectivity index (χ0) is 11.7. The smallest absolute Gasteiger partial charge is 0.335 e. The second-order valence-corrected chi connectivity index (χ2v) is 3.16. The van der Waals surface area contributed by atoms with Crippen LogP contribution in [0.25, 0.3) is 10.9 Å². The molecule has 0 aliphatic carbocycles. The molecular formula is C11H5N3O2. The summed E-state index contributed by atoms with van der Waals surface area (Å²) in [6.07, 6.45) is 1.84. The molecule has 0 atom stereocenters. The fourth-order valence-electron chi connectivity index (χ4n) is 1.52. The molecule has 2 aromatic rings. The molecular weight excluding hydrogens is 206 g/mol. The quantitative estimate of drug-likeness (QED) is 0.774. The molecule has 0 amide bonds. The van der Waals surface area contributed by atoms with Gasteiger partial charge >= 0.3 is 5.97 Å². The van der Waals surface area contributed by atoms with Crippen molar-refractivity contribution >= 4 is 16.9 Å². The van der Waals surface area contributed by atoms with E-state index in [1.165, 1.54) is 12.1 Å². The van der Waals surface area contributed by atoms with Crippen LogP contribution in [0, 0.1) is 22.8 Å². The van der Waals surface area contributed by atoms with Crippen molar-refractivity contribution in [3.63, 3.8) is 0 Å². The summed E-state index contributed by atoms with van der Waals surface area (Å²) in [5.41, 5.74) is 0.713. The summed E-state index contributed by atoms with van der Waals surface area (Å²) < 4.78 is 1.11. The van der Waals surface area contributed by atoms with E-state index in [9.17, 15) is 4.79 Å². The lowest BCUT2D eigenvalue weighted by Crippen LogP contribution is -1.97. The minimum atomic E-state index is -1.06. The Morgan fingerprint density at radius 3 is 2.62 bits per heavy atom. The number of carboxylic acids is 1. The minimum Gasteiger partial charge on any atom is -0.478 e. The Balaban J connectivity index is 2.83. The second kappa shape index (κ2) is 3.41. The lowest BCUT2D eigenvalue weighted by atomic mass is 10.1. The molecule has 0 saturated heterocycles. The van der Waals surface area contributed by atoms with Crippen molar-refractivity contribution in [2.75, 3.05) is 0 Å². The van der Waals surface area contributed by atoms with Gasteiger partial charge in [0.05, 0.1) is 11.1 Å². The number of aromatic nitrogens is 1. The normalized spacial score (nSPS) is 9.62. The molecule has 0 radical (unpaired) electrons. The predicted octanol–water partition coefficient (Wildman–Crippen LogP) is 1.54. The van der Waals surface area contributed by atoms with E-state index in [0.29, 0.717) is 10.9 Å². The van der Waals surface area contributed by atoms with Crippen molar-refractivity contribution in [3.05, 3.63) is 35.5 Å². The van der Waals surface area contributed by atoms with Gasteiger partial charge in [-0.15, -0.1) is 0 Å². The Hall–Kier alpha value is -2.79. The first-order valence-electron chi connectivity index (χ1n) is 4.36. The van der Waals surface area contributed by atoms with Crippen molar-refractivity contribution in [1.29, 1.82) is 10.5 Å². The van der Waals surface area contributed by atoms with E-state index in [0.717, 1.165) is 4.57 Å². The summed E-state index contributed by atoms with van der Waals surface area (Å²) in [6.45, 7) is 0. The molecule has 2 rings (SSSR count). The van der Waals surface area contributed by atoms with Gasteiger partial charge in [0.15, 0.2) is 6.19 Å². The summed E-state index contributed by atoms with van der Waals surface area (Å²) in [4.78, 5) is 10.8. The molecule has 0 bridgehead atoms. The lowest BCUT2D eigenvalue weighted by Gasteiger charge is -1.96. The molecule has 0 fully saturated rings. The number of fused-ring (bicyclic) bond motifs is 1. The van der Waals surface area contributed by atoms with Gasteiger partial charge in [0, 0.05) is 5.39 Å². The number of aromatic carboxylic acids is 1. The molecule has 1 N–H and O–H groups in total. The van der Waals surface area contributed by atoms with Crippen LogP contribution in [0.15, 0.2) is 24.3 Å². The van der Waals surface area contributed by atoms with Gasteiger partial charge in [0.25, 0.3) is 0 Å². The van der Waals surface area contributed by atoms with Crippen LogP contribution in [0.4, 0.5) is 0 Å². The van der Waals surface area contributed by atoms with Crippen molar-refractivity contribution in [2.45, 2.75) is 0 Å². The first kappa shape index (κ1) is 9.75. The number of carboxylic acid groups (broad SMARTS) is 1. The number of nitrogens with zero attached hydrogens (tertiary/aromatic N) is 3. The molecule has 1 heterocycles. The third-order valence-corrected chi connectivity index (χ3v) is 2.27. The number of benzene rings is 1. The predicted molar refractivity (Wildman–Crippen MR) is 54.6 cm³/mol. The molecule has 0 aliphatic rings. The molecule has 0 unspecified atom stereocenters. The van der Waals surface area contributed by atoms with Gasteiger partial charge in [0.2, 0.25) is 0 Å². The van der Waals surface area contributed by atoms with E-state index in [4.69, 9.17) is 15.6 Å². The molecule has 5 nitrogen and oxygen atoms in total. The Morgan fingerprint density at radius 2 is 2.06 bits per heavy atom. The molecule has 0 spiro atoms. The first-order chi connectivity index (χ1) is 7.67. The largest absolute Gasteiger partial charge is 0.478 e. The van der Waals surface area contributed by atoms with Crippen LogP contribution in [-0.4, -0.2) is 15.6 Å². The van der Waals surface area contributed by atoms with Gasteiger partial charge in [-0.3, -0.25) is 0 Å². The fraction of sp³-hybridized carbons (Fsp3) is 0. The maximum absolute atomic E-state index is 10.8. The number of hydrogen-bond donors (Lipinski definition) is 1. The van der Waals surface area contributed by atoms with Crippen LogP contribution in [0.5, 0.6) is 0 Å². The number of rotatable bonds is 1. The average Bonchev–Trinajstić information content (AvgIpc) is 2.65. The Morgan fingerprint density at radius 1 is 1.31 bits per heavy atom. The van der Waals surface area contributed by atoms with Gasteiger partial charge in [0.1, 0.15) is 11.8 Å². The number of nitriles is 2. The standard InChI is InChI=1S/C11H5N3O2/c12-5-9-3-7-1-2-8(11(15)16)4-10(7)14(9)6-13/h1-4H,(H,15,16). The van der Waals surface area contributed by atoms with Crippen LogP contribution in [-0.2, 0) is 0 Å². The number of hydrogen-bond acceptors (Lipinski definition) is 3. The molecule has 1 aromatic carbocycles. The summed E-state index contributed by atoms with van der Waals surface area (Å²) in [5, 5.41) is 27.2. The fourth-order valence-corrected chi connectivity index (χ4v) is 1.52. The van der Waals surface area contributed by atoms with Crippen molar-refractivity contribution in [2.24, 2.45) is 0 Å². The highest BCUT2D eigenvalue weighted by Gasteiger charge is 2.10. The Kier molecular flexibility index (Phi) is 2.08. The Labute approximate surface area is 90.4 Å². The van der Waals surface area contributed by atoms with Crippen molar-refractivity contribution in [1.82, 2.24) is 4.57 Å². The van der Waals surface area contributed by atoms with Gasteiger partial charge < -0.3 is 5.11 Å². The lowest BCUT2D eigenvalue weighted by molar-refractivity contribution is 0.0697. The average molecular weight is 211 g/mol. The minimum absolute atomic E-state index is 0.0894. The summed E-state index contributed by atoms with van der Waals surface area (Å²) in [5.74, 6) is -1.06. The molecule has 1 aromatic heterocycles. The van der Waals surface area contributed by atoms with Crippen LogP contribution in [0.3, 0.4) is 0 Å². The highest BCUT2D eigenvalue weighted by molar-refractivity contribution is 5.94. The monoisotopic (exact) mass is 211 g/mol. The van der Waals surface area contributed by atoms with Gasteiger partial charge in [-0.05, 0) is 18.2 Å². The Bertz CT molecular complexity index is 671. The third kappa shape index (κ3) is 1.28. The molecule has 5 heteroatoms. The van der Waals surface area contributed by atoms with E-state index >= 15 is 0 Å². The maximum atomic E-state index is 10.8. The van der Waals surface area contributed by atoms with E-state index in [1.54, 1.807) is 12.1 Å². The highest BCUT2D eigenvalue weighted by atomic mass is 16.4. The molecule has 76 valence electrons. The van der Waals surface area contributed by atoms with E-state index in [1.807, 2.05) is 12.3 Å². The zero-order valence-corrected chi connectivity index (χ0v) is 8.01. The van der Waals surface area contributed by atoms with Gasteiger partial charge in [-0.25, -0.2) is 9.36 Å². The van der Waals surface area contributed by atoms with Gasteiger partial charge in [-0.2, -0.15) is 10.5 Å². The van der Waals surface area contributed by atoms with Crippen LogP contribution < -0.4 is 0 Å². The van der Waals surface area contributed by atoms with Crippen molar-refractivity contribution in [3.8, 4) is 12.3 Å². The van der Waals surface area contributed by atoms with Crippen molar-refractivity contribution < 1.29 is 9.90 Å². The van der Waals surface area contributed by atoms with Crippen LogP contribution in [0.2, 0.25) is 0 Å². The highest BCUT2D eigenvalue weighted by Crippen LogP contribution is 2.20. The maximum Gasteiger partial charge on any atom is 0.335 e. The van der Waals surface area contributed by atoms with E-state index in [-0.39, 0.29) is 11.3 Å². The summed E-state index contributed by atoms with van der Waals surface area (Å²) in [7, 11) is 0. The van der Waals surface area contributed by atoms with E-state index in [2.05, 4.69) is 0 Å². The topological polar surface area (TPSA) is 89.8 Å². The SMILES string of the molecule is N#Cc1cc2ccc(C(=O)O)cc2n1C#N. The summed E-state index contributed by atoms with van der Waals surface area (Å²) >= 11 is 0. The molecule has 0 saturated carbocycles. The van der Waals surface area contributed by atoms with Crippen LogP contribution in [0.1, 0.15) is 16.1 Å². The third-order valence-electron chi connectivity index (χ3n) is 2.27. The zero-order valence-electron chi connectivity index (χ0n) is 8.01. The van der Waals surface area contributed by atoms with E-state index < -0.39 is 5.97 Å². The second-order valence-electron chi connectivity index (χ2n) is 3.16. The van der Waals surface area contributed by atoms with Crippen LogP contribution >= 0.6 is 0 Å². The first-order valence-corrected chi connectivity index (χ1v) is 4.36. The molecule has 0 aliphatic heterocycles. The summed E-state index contributed by atoms with van der Waals surface area (Å²) in [6, 6.07) is 7.82.